The van der Waals surface area contributed by atoms with Gasteiger partial charge in [-0.1, -0.05) is 11.6 Å². The second-order valence-corrected chi connectivity index (χ2v) is 6.30. The maximum atomic E-state index is 13.0. The molecule has 1 atom stereocenters. The van der Waals surface area contributed by atoms with Gasteiger partial charge in [-0.2, -0.15) is 0 Å². The maximum Gasteiger partial charge on any atom is 0.262 e. The molecule has 1 amide bonds. The first-order valence-corrected chi connectivity index (χ1v) is 8.50. The van der Waals surface area contributed by atoms with Crippen LogP contribution >= 0.6 is 11.6 Å². The van der Waals surface area contributed by atoms with Gasteiger partial charge < -0.3 is 10.1 Å². The number of pyridine rings is 1. The summed E-state index contributed by atoms with van der Waals surface area (Å²) in [6.07, 6.45) is 1.29. The summed E-state index contributed by atoms with van der Waals surface area (Å²) in [5, 5.41) is 4.04. The molecule has 0 saturated heterocycles. The number of anilines is 2. The lowest BCUT2D eigenvalue weighted by Gasteiger charge is -2.26. The Bertz CT molecular complexity index is 942. The molecule has 1 aromatic heterocycles. The van der Waals surface area contributed by atoms with E-state index in [0.29, 0.717) is 16.3 Å². The van der Waals surface area contributed by atoms with Crippen LogP contribution in [-0.2, 0) is 0 Å². The highest BCUT2D eigenvalue weighted by molar-refractivity contribution is 6.30. The molecule has 130 valence electrons. The van der Waals surface area contributed by atoms with Crippen LogP contribution in [0.2, 0.25) is 5.02 Å². The van der Waals surface area contributed by atoms with Crippen molar-refractivity contribution in [2.24, 2.45) is 0 Å². The first-order chi connectivity index (χ1) is 12.7. The lowest BCUT2D eigenvalue weighted by molar-refractivity contribution is 0.0993. The molecule has 1 N–H and O–H groups in total. The monoisotopic (exact) mass is 365 g/mol. The number of methoxy groups -OCH3 is 1. The lowest BCUT2D eigenvalue weighted by Crippen LogP contribution is -2.32. The van der Waals surface area contributed by atoms with Crippen LogP contribution < -0.4 is 15.0 Å². The minimum absolute atomic E-state index is 0.0928. The molecule has 4 rings (SSSR count). The van der Waals surface area contributed by atoms with Crippen molar-refractivity contribution in [1.82, 2.24) is 4.98 Å². The van der Waals surface area contributed by atoms with Crippen molar-refractivity contribution in [3.63, 3.8) is 0 Å². The zero-order chi connectivity index (χ0) is 18.1. The van der Waals surface area contributed by atoms with Gasteiger partial charge in [0.05, 0.1) is 18.4 Å². The number of rotatable bonds is 4. The number of hydrogen-bond acceptors (Lipinski definition) is 4. The van der Waals surface area contributed by atoms with Gasteiger partial charge in [0.1, 0.15) is 5.75 Å². The van der Waals surface area contributed by atoms with Gasteiger partial charge in [-0.05, 0) is 60.7 Å². The van der Waals surface area contributed by atoms with Gasteiger partial charge in [-0.3, -0.25) is 14.7 Å². The Balaban J connectivity index is 1.75. The summed E-state index contributed by atoms with van der Waals surface area (Å²) in [6, 6.07) is 18.3. The molecule has 0 fully saturated rings. The fourth-order valence-electron chi connectivity index (χ4n) is 3.03. The predicted molar refractivity (Wildman–Crippen MR) is 102 cm³/mol. The standard InChI is InChI=1S/C20H16ClN3O2/c1-26-16-10-8-15(9-11-16)24-19(23-14-6-4-13(21)5-7-14)18-17(20(24)25)3-2-12-22-18/h2-12,19,23H,1H3/t19-/m1/s1. The molecule has 0 aliphatic carbocycles. The van der Waals surface area contributed by atoms with E-state index in [1.807, 2.05) is 36.4 Å². The van der Waals surface area contributed by atoms with Crippen molar-refractivity contribution in [2.45, 2.75) is 6.17 Å². The SMILES string of the molecule is COc1ccc(N2C(=O)c3cccnc3[C@@H]2Nc2ccc(Cl)cc2)cc1. The molecule has 0 saturated carbocycles. The van der Waals surface area contributed by atoms with E-state index in [-0.39, 0.29) is 5.91 Å². The number of ether oxygens (including phenoxy) is 1. The largest absolute Gasteiger partial charge is 0.497 e. The average molecular weight is 366 g/mol. The molecular formula is C20H16ClN3O2. The Labute approximate surface area is 156 Å². The first-order valence-electron chi connectivity index (χ1n) is 8.12. The van der Waals surface area contributed by atoms with Gasteiger partial charge in [-0.25, -0.2) is 0 Å². The van der Waals surface area contributed by atoms with Crippen molar-refractivity contribution in [3.05, 3.63) is 83.1 Å². The van der Waals surface area contributed by atoms with E-state index in [1.54, 1.807) is 42.5 Å². The minimum Gasteiger partial charge on any atom is -0.497 e. The van der Waals surface area contributed by atoms with Crippen LogP contribution in [0.5, 0.6) is 5.75 Å². The van der Waals surface area contributed by atoms with Crippen molar-refractivity contribution in [2.75, 3.05) is 17.3 Å². The normalized spacial score (nSPS) is 15.7. The number of carbonyl (C=O) groups excluding carboxylic acids is 1. The highest BCUT2D eigenvalue weighted by Crippen LogP contribution is 2.37. The Morgan fingerprint density at radius 1 is 1.08 bits per heavy atom. The number of benzene rings is 2. The van der Waals surface area contributed by atoms with Crippen LogP contribution in [0.4, 0.5) is 11.4 Å². The molecule has 1 aliphatic rings. The van der Waals surface area contributed by atoms with Gasteiger partial charge in [-0.15, -0.1) is 0 Å². The molecule has 0 unspecified atom stereocenters. The second kappa shape index (κ2) is 6.69. The molecule has 5 nitrogen and oxygen atoms in total. The quantitative estimate of drug-likeness (QED) is 0.738. The molecule has 1 aliphatic heterocycles. The molecular weight excluding hydrogens is 350 g/mol. The van der Waals surface area contributed by atoms with Gasteiger partial charge in [0, 0.05) is 22.6 Å². The number of amides is 1. The highest BCUT2D eigenvalue weighted by Gasteiger charge is 2.38. The van der Waals surface area contributed by atoms with Crippen LogP contribution in [0.15, 0.2) is 66.9 Å². The summed E-state index contributed by atoms with van der Waals surface area (Å²) in [4.78, 5) is 19.1. The zero-order valence-corrected chi connectivity index (χ0v) is 14.8. The number of halogens is 1. The van der Waals surface area contributed by atoms with Crippen LogP contribution in [0.25, 0.3) is 0 Å². The summed E-state index contributed by atoms with van der Waals surface area (Å²) < 4.78 is 5.21. The number of nitrogens with zero attached hydrogens (tertiary/aromatic N) is 2. The Hall–Kier alpha value is -3.05. The topological polar surface area (TPSA) is 54.5 Å². The van der Waals surface area contributed by atoms with Crippen LogP contribution in [-0.4, -0.2) is 18.0 Å². The van der Waals surface area contributed by atoms with E-state index in [0.717, 1.165) is 17.1 Å². The molecule has 26 heavy (non-hydrogen) atoms. The summed E-state index contributed by atoms with van der Waals surface area (Å²) in [5.41, 5.74) is 2.91. The third-order valence-corrected chi connectivity index (χ3v) is 4.56. The van der Waals surface area contributed by atoms with Crippen LogP contribution in [0, 0.1) is 0 Å². The molecule has 3 aromatic rings. The van der Waals surface area contributed by atoms with E-state index in [2.05, 4.69) is 10.3 Å². The summed E-state index contributed by atoms with van der Waals surface area (Å²) in [7, 11) is 1.61. The molecule has 2 heterocycles. The number of aromatic nitrogens is 1. The smallest absolute Gasteiger partial charge is 0.262 e. The molecule has 0 radical (unpaired) electrons. The summed E-state index contributed by atoms with van der Waals surface area (Å²) in [6.45, 7) is 0. The fourth-order valence-corrected chi connectivity index (χ4v) is 3.16. The Kier molecular flexibility index (Phi) is 4.22. The van der Waals surface area contributed by atoms with Crippen molar-refractivity contribution >= 4 is 28.9 Å². The highest BCUT2D eigenvalue weighted by atomic mass is 35.5. The van der Waals surface area contributed by atoms with E-state index >= 15 is 0 Å². The first kappa shape index (κ1) is 16.4. The molecule has 2 aromatic carbocycles. The minimum atomic E-state index is -0.409. The number of carbonyl (C=O) groups is 1. The van der Waals surface area contributed by atoms with Crippen molar-refractivity contribution < 1.29 is 9.53 Å². The van der Waals surface area contributed by atoms with Crippen molar-refractivity contribution in [3.8, 4) is 5.75 Å². The van der Waals surface area contributed by atoms with Crippen molar-refractivity contribution in [1.29, 1.82) is 0 Å². The second-order valence-electron chi connectivity index (χ2n) is 5.86. The third-order valence-electron chi connectivity index (χ3n) is 4.30. The van der Waals surface area contributed by atoms with E-state index < -0.39 is 6.17 Å². The number of hydrogen-bond donors (Lipinski definition) is 1. The fraction of sp³-hybridized carbons (Fsp3) is 0.100. The van der Waals surface area contributed by atoms with Gasteiger partial charge in [0.2, 0.25) is 0 Å². The summed E-state index contributed by atoms with van der Waals surface area (Å²) in [5.74, 6) is 0.642. The molecule has 0 bridgehead atoms. The average Bonchev–Trinajstić information content (AvgIpc) is 2.96. The number of nitrogens with one attached hydrogen (secondary N) is 1. The lowest BCUT2D eigenvalue weighted by atomic mass is 10.2. The van der Waals surface area contributed by atoms with E-state index in [1.165, 1.54) is 0 Å². The molecule has 6 heteroatoms. The molecule has 0 spiro atoms. The van der Waals surface area contributed by atoms with Crippen LogP contribution in [0.1, 0.15) is 22.2 Å². The maximum absolute atomic E-state index is 13.0. The van der Waals surface area contributed by atoms with Gasteiger partial charge in [0.25, 0.3) is 5.91 Å². The van der Waals surface area contributed by atoms with Gasteiger partial charge in [0.15, 0.2) is 6.17 Å². The third kappa shape index (κ3) is 2.86. The Morgan fingerprint density at radius 3 is 2.50 bits per heavy atom. The van der Waals surface area contributed by atoms with E-state index in [9.17, 15) is 4.79 Å². The zero-order valence-electron chi connectivity index (χ0n) is 14.0. The van der Waals surface area contributed by atoms with Gasteiger partial charge >= 0.3 is 0 Å². The van der Waals surface area contributed by atoms with Crippen LogP contribution in [0.3, 0.4) is 0 Å². The Morgan fingerprint density at radius 2 is 1.81 bits per heavy atom. The van der Waals surface area contributed by atoms with E-state index in [4.69, 9.17) is 16.3 Å². The number of fused-ring (bicyclic) bond motifs is 1. The summed E-state index contributed by atoms with van der Waals surface area (Å²) >= 11 is 5.97. The predicted octanol–water partition coefficient (Wildman–Crippen LogP) is 4.51.